The van der Waals surface area contributed by atoms with Crippen LogP contribution >= 0.6 is 12.2 Å². The van der Waals surface area contributed by atoms with Crippen LogP contribution in [0.15, 0.2) is 67.0 Å². The summed E-state index contributed by atoms with van der Waals surface area (Å²) < 4.78 is 8.61. The summed E-state index contributed by atoms with van der Waals surface area (Å²) in [5.41, 5.74) is 5.85. The number of benzene rings is 2. The normalized spacial score (nSPS) is 10.7. The Balaban J connectivity index is 1.43. The maximum absolute atomic E-state index is 12.1. The van der Waals surface area contributed by atoms with Crippen molar-refractivity contribution in [2.24, 2.45) is 0 Å². The van der Waals surface area contributed by atoms with Gasteiger partial charge in [0, 0.05) is 6.20 Å². The second kappa shape index (κ2) is 10.3. The zero-order valence-corrected chi connectivity index (χ0v) is 20.1. The Kier molecular flexibility index (Phi) is 7.03. The Labute approximate surface area is 203 Å². The molecule has 174 valence electrons. The molecule has 2 heterocycles. The van der Waals surface area contributed by atoms with Gasteiger partial charge in [-0.25, -0.2) is 4.79 Å². The van der Waals surface area contributed by atoms with E-state index in [0.29, 0.717) is 23.8 Å². The van der Waals surface area contributed by atoms with E-state index < -0.39 is 0 Å². The van der Waals surface area contributed by atoms with Gasteiger partial charge in [-0.2, -0.15) is 10.2 Å². The molecule has 2 aromatic heterocycles. The van der Waals surface area contributed by atoms with Gasteiger partial charge in [0.15, 0.2) is 5.11 Å². The molecule has 0 radical (unpaired) electrons. The van der Waals surface area contributed by atoms with Gasteiger partial charge in [-0.05, 0) is 43.3 Å². The number of anilines is 2. The van der Waals surface area contributed by atoms with E-state index in [1.165, 1.54) is 12.7 Å². The number of ether oxygens (including phenoxy) is 1. The lowest BCUT2D eigenvalue weighted by molar-refractivity contribution is 0.0599. The predicted octanol–water partition coefficient (Wildman–Crippen LogP) is 4.39. The molecule has 4 rings (SSSR count). The van der Waals surface area contributed by atoms with E-state index in [4.69, 9.17) is 17.0 Å². The van der Waals surface area contributed by atoms with Gasteiger partial charge in [0.05, 0.1) is 54.7 Å². The minimum absolute atomic E-state index is 0.367. The first kappa shape index (κ1) is 23.2. The van der Waals surface area contributed by atoms with Crippen molar-refractivity contribution in [3.05, 3.63) is 95.1 Å². The molecule has 9 heteroatoms. The summed E-state index contributed by atoms with van der Waals surface area (Å²) in [6.45, 7) is 4.99. The molecule has 0 aliphatic heterocycles. The zero-order valence-electron chi connectivity index (χ0n) is 19.3. The van der Waals surface area contributed by atoms with Crippen molar-refractivity contribution in [1.82, 2.24) is 19.6 Å². The fourth-order valence-electron chi connectivity index (χ4n) is 3.72. The quantitative estimate of drug-likeness (QED) is 0.303. The van der Waals surface area contributed by atoms with Crippen LogP contribution in [0.4, 0.5) is 11.4 Å². The minimum Gasteiger partial charge on any atom is -0.465 e. The van der Waals surface area contributed by atoms with Gasteiger partial charge in [0.25, 0.3) is 0 Å². The molecule has 4 aromatic rings. The van der Waals surface area contributed by atoms with E-state index in [1.807, 2.05) is 65.8 Å². The van der Waals surface area contributed by atoms with E-state index in [9.17, 15) is 4.79 Å². The van der Waals surface area contributed by atoms with Crippen molar-refractivity contribution < 1.29 is 9.53 Å². The second-order valence-corrected chi connectivity index (χ2v) is 8.25. The lowest BCUT2D eigenvalue weighted by Gasteiger charge is -2.11. The van der Waals surface area contributed by atoms with E-state index in [-0.39, 0.29) is 5.97 Å². The SMILES string of the molecule is COC(=O)c1ccccc1Cn1nc(C)c(NC(=S)Nc2cnn(Cc3ccccc3)c2)c1C. The standard InChI is InChI=1S/C25H26N6O2S/c1-17-23(18(2)31(29-17)15-20-11-7-8-12-22(20)24(32)33-3)28-25(34)27-21-13-26-30(16-21)14-19-9-5-4-6-10-19/h4-13,16H,14-15H2,1-3H3,(H2,27,28,34). The third-order valence-corrected chi connectivity index (χ3v) is 5.65. The van der Waals surface area contributed by atoms with Crippen LogP contribution in [0.3, 0.4) is 0 Å². The van der Waals surface area contributed by atoms with Crippen LogP contribution in [-0.4, -0.2) is 37.8 Å². The molecule has 0 saturated carbocycles. The van der Waals surface area contributed by atoms with Crippen molar-refractivity contribution in [3.63, 3.8) is 0 Å². The highest BCUT2D eigenvalue weighted by molar-refractivity contribution is 7.80. The summed E-state index contributed by atoms with van der Waals surface area (Å²) in [6.07, 6.45) is 3.65. The molecule has 0 fully saturated rings. The Bertz CT molecular complexity index is 1310. The summed E-state index contributed by atoms with van der Waals surface area (Å²) in [5.74, 6) is -0.367. The third-order valence-electron chi connectivity index (χ3n) is 5.44. The van der Waals surface area contributed by atoms with Gasteiger partial charge in [0.2, 0.25) is 0 Å². The molecule has 0 atom stereocenters. The number of aryl methyl sites for hydroxylation is 1. The number of carbonyl (C=O) groups excluding carboxylic acids is 1. The number of esters is 1. The van der Waals surface area contributed by atoms with Gasteiger partial charge in [-0.15, -0.1) is 0 Å². The van der Waals surface area contributed by atoms with E-state index in [2.05, 4.69) is 33.0 Å². The predicted molar refractivity (Wildman–Crippen MR) is 136 cm³/mol. The van der Waals surface area contributed by atoms with Crippen LogP contribution in [0.2, 0.25) is 0 Å². The number of methoxy groups -OCH3 is 1. The average molecular weight is 475 g/mol. The highest BCUT2D eigenvalue weighted by Gasteiger charge is 2.16. The number of thiocarbonyl (C=S) groups is 1. The summed E-state index contributed by atoms with van der Waals surface area (Å²) in [7, 11) is 1.38. The number of aromatic nitrogens is 4. The van der Waals surface area contributed by atoms with Gasteiger partial charge >= 0.3 is 5.97 Å². The number of nitrogens with one attached hydrogen (secondary N) is 2. The Morgan fingerprint density at radius 2 is 1.76 bits per heavy atom. The smallest absolute Gasteiger partial charge is 0.338 e. The monoisotopic (exact) mass is 474 g/mol. The Morgan fingerprint density at radius 3 is 2.53 bits per heavy atom. The van der Waals surface area contributed by atoms with Crippen LogP contribution in [0.25, 0.3) is 0 Å². The molecule has 0 bridgehead atoms. The second-order valence-electron chi connectivity index (χ2n) is 7.84. The zero-order chi connectivity index (χ0) is 24.1. The van der Waals surface area contributed by atoms with Crippen LogP contribution in [0.5, 0.6) is 0 Å². The van der Waals surface area contributed by atoms with Crippen molar-refractivity contribution in [1.29, 1.82) is 0 Å². The molecule has 34 heavy (non-hydrogen) atoms. The summed E-state index contributed by atoms with van der Waals surface area (Å²) in [4.78, 5) is 12.1. The first-order valence-corrected chi connectivity index (χ1v) is 11.2. The van der Waals surface area contributed by atoms with Crippen LogP contribution in [0.1, 0.15) is 32.9 Å². The molecule has 0 aliphatic carbocycles. The van der Waals surface area contributed by atoms with Crippen LogP contribution in [0, 0.1) is 13.8 Å². The molecular weight excluding hydrogens is 448 g/mol. The maximum Gasteiger partial charge on any atom is 0.338 e. The van der Waals surface area contributed by atoms with Crippen molar-refractivity contribution >= 4 is 34.7 Å². The Hall–Kier alpha value is -3.98. The lowest BCUT2D eigenvalue weighted by atomic mass is 10.1. The average Bonchev–Trinajstić information content (AvgIpc) is 3.38. The Morgan fingerprint density at radius 1 is 1.03 bits per heavy atom. The molecule has 0 amide bonds. The highest BCUT2D eigenvalue weighted by Crippen LogP contribution is 2.22. The highest BCUT2D eigenvalue weighted by atomic mass is 32.1. The number of rotatable bonds is 7. The molecule has 0 saturated heterocycles. The molecule has 8 nitrogen and oxygen atoms in total. The van der Waals surface area contributed by atoms with Crippen molar-refractivity contribution in [2.75, 3.05) is 17.7 Å². The fraction of sp³-hybridized carbons (Fsp3) is 0.200. The molecule has 0 spiro atoms. The number of hydrogen-bond acceptors (Lipinski definition) is 5. The summed E-state index contributed by atoms with van der Waals surface area (Å²) in [5, 5.41) is 15.9. The molecule has 0 aliphatic rings. The molecule has 2 N–H and O–H groups in total. The minimum atomic E-state index is -0.367. The topological polar surface area (TPSA) is 86.0 Å². The van der Waals surface area contributed by atoms with Crippen LogP contribution in [-0.2, 0) is 17.8 Å². The van der Waals surface area contributed by atoms with Crippen molar-refractivity contribution in [3.8, 4) is 0 Å². The number of hydrogen-bond donors (Lipinski definition) is 2. The molecular formula is C25H26N6O2S. The number of carbonyl (C=O) groups is 1. The largest absolute Gasteiger partial charge is 0.465 e. The van der Waals surface area contributed by atoms with E-state index in [0.717, 1.165) is 28.3 Å². The first-order valence-electron chi connectivity index (χ1n) is 10.8. The van der Waals surface area contributed by atoms with Crippen LogP contribution < -0.4 is 10.6 Å². The fourth-order valence-corrected chi connectivity index (χ4v) is 3.94. The number of nitrogens with zero attached hydrogens (tertiary/aromatic N) is 4. The van der Waals surface area contributed by atoms with Gasteiger partial charge in [-0.3, -0.25) is 9.36 Å². The summed E-state index contributed by atoms with van der Waals surface area (Å²) in [6, 6.07) is 17.5. The van der Waals surface area contributed by atoms with Gasteiger partial charge < -0.3 is 15.4 Å². The molecule has 2 aromatic carbocycles. The lowest BCUT2D eigenvalue weighted by Crippen LogP contribution is -2.19. The van der Waals surface area contributed by atoms with Crippen molar-refractivity contribution in [2.45, 2.75) is 26.9 Å². The first-order chi connectivity index (χ1) is 16.4. The third kappa shape index (κ3) is 5.32. The maximum atomic E-state index is 12.1. The summed E-state index contributed by atoms with van der Waals surface area (Å²) >= 11 is 5.53. The van der Waals surface area contributed by atoms with E-state index in [1.54, 1.807) is 12.3 Å². The molecule has 0 unspecified atom stereocenters. The van der Waals surface area contributed by atoms with E-state index >= 15 is 0 Å². The van der Waals surface area contributed by atoms with Gasteiger partial charge in [-0.1, -0.05) is 48.5 Å². The van der Waals surface area contributed by atoms with Gasteiger partial charge in [0.1, 0.15) is 0 Å².